The molecule has 2 heterocycles. The van der Waals surface area contributed by atoms with Crippen LogP contribution in [-0.2, 0) is 0 Å². The first kappa shape index (κ1) is 15.8. The first-order chi connectivity index (χ1) is 11.0. The average molecular weight is 365 g/mol. The summed E-state index contributed by atoms with van der Waals surface area (Å²) in [5.74, 6) is 0. The highest BCUT2D eigenvalue weighted by Gasteiger charge is 2.18. The number of halogens is 3. The number of nitriles is 1. The van der Waals surface area contributed by atoms with Gasteiger partial charge in [-0.3, -0.25) is 4.79 Å². The van der Waals surface area contributed by atoms with Gasteiger partial charge in [-0.25, -0.2) is 4.98 Å². The molecule has 1 aromatic carbocycles. The van der Waals surface area contributed by atoms with Gasteiger partial charge in [0, 0.05) is 18.0 Å². The molecule has 0 saturated heterocycles. The Balaban J connectivity index is 2.63. The van der Waals surface area contributed by atoms with Crippen LogP contribution in [0, 0.1) is 18.3 Å². The van der Waals surface area contributed by atoms with Crippen LogP contribution in [0.2, 0.25) is 15.2 Å². The van der Waals surface area contributed by atoms with Crippen LogP contribution < -0.4 is 5.43 Å². The summed E-state index contributed by atoms with van der Waals surface area (Å²) < 4.78 is 1.66. The second-order valence-corrected chi connectivity index (χ2v) is 6.03. The third-order valence-corrected chi connectivity index (χ3v) is 4.32. The number of benzene rings is 1. The van der Waals surface area contributed by atoms with Crippen LogP contribution in [0.5, 0.6) is 0 Å². The zero-order valence-corrected chi connectivity index (χ0v) is 14.0. The van der Waals surface area contributed by atoms with Gasteiger partial charge in [0.1, 0.15) is 11.2 Å². The molecule has 3 aromatic rings. The number of aryl methyl sites for hydroxylation is 1. The highest BCUT2D eigenvalue weighted by molar-refractivity contribution is 6.39. The zero-order valence-electron chi connectivity index (χ0n) is 11.8. The number of nitrogens with zero attached hydrogens (tertiary/aromatic N) is 3. The van der Waals surface area contributed by atoms with E-state index < -0.39 is 0 Å². The standard InChI is InChI=1S/C16H8Cl3N3O/c1-8-5-12(23)13-15(11(18)7-21-16(13)19)22(8)14-9(6-20)3-2-4-10(14)17/h2-5,7H,1H3. The Hall–Kier alpha value is -2.06. The molecule has 0 radical (unpaired) electrons. The van der Waals surface area contributed by atoms with Gasteiger partial charge in [-0.1, -0.05) is 40.9 Å². The first-order valence-corrected chi connectivity index (χ1v) is 7.64. The maximum Gasteiger partial charge on any atom is 0.192 e. The van der Waals surface area contributed by atoms with Gasteiger partial charge in [0.05, 0.1) is 32.2 Å². The fraction of sp³-hybridized carbons (Fsp3) is 0.0625. The molecule has 2 aromatic heterocycles. The Morgan fingerprint density at radius 3 is 2.65 bits per heavy atom. The molecule has 0 bridgehead atoms. The van der Waals surface area contributed by atoms with Crippen molar-refractivity contribution in [2.75, 3.05) is 0 Å². The minimum absolute atomic E-state index is 0.0497. The molecular weight excluding hydrogens is 357 g/mol. The van der Waals surface area contributed by atoms with E-state index in [-0.39, 0.29) is 21.0 Å². The molecule has 0 N–H and O–H groups in total. The molecule has 0 saturated carbocycles. The summed E-state index contributed by atoms with van der Waals surface area (Å²) in [6.45, 7) is 1.73. The van der Waals surface area contributed by atoms with Crippen LogP contribution in [0.3, 0.4) is 0 Å². The number of rotatable bonds is 1. The second-order valence-electron chi connectivity index (χ2n) is 4.85. The van der Waals surface area contributed by atoms with E-state index in [0.29, 0.717) is 27.5 Å². The summed E-state index contributed by atoms with van der Waals surface area (Å²) in [4.78, 5) is 16.2. The van der Waals surface area contributed by atoms with Gasteiger partial charge in [-0.05, 0) is 19.1 Å². The van der Waals surface area contributed by atoms with Crippen LogP contribution in [0.4, 0.5) is 0 Å². The van der Waals surface area contributed by atoms with E-state index in [1.165, 1.54) is 12.3 Å². The van der Waals surface area contributed by atoms with E-state index in [1.807, 2.05) is 0 Å². The quantitative estimate of drug-likeness (QED) is 0.596. The Kier molecular flexibility index (Phi) is 4.03. The lowest BCUT2D eigenvalue weighted by molar-refractivity contribution is 1.02. The van der Waals surface area contributed by atoms with Crippen molar-refractivity contribution in [3.05, 3.63) is 67.1 Å². The molecule has 0 atom stereocenters. The van der Waals surface area contributed by atoms with Gasteiger partial charge in [-0.15, -0.1) is 0 Å². The third kappa shape index (κ3) is 2.47. The molecule has 0 spiro atoms. The number of pyridine rings is 2. The van der Waals surface area contributed by atoms with E-state index in [4.69, 9.17) is 34.8 Å². The van der Waals surface area contributed by atoms with Crippen LogP contribution in [0.15, 0.2) is 35.3 Å². The summed E-state index contributed by atoms with van der Waals surface area (Å²) in [5.41, 5.74) is 1.47. The minimum atomic E-state index is -0.292. The Morgan fingerprint density at radius 2 is 1.96 bits per heavy atom. The van der Waals surface area contributed by atoms with E-state index in [0.717, 1.165) is 0 Å². The number of aromatic nitrogens is 2. The lowest BCUT2D eigenvalue weighted by atomic mass is 10.1. The van der Waals surface area contributed by atoms with Gasteiger partial charge in [0.2, 0.25) is 0 Å². The van der Waals surface area contributed by atoms with Crippen molar-refractivity contribution in [2.24, 2.45) is 0 Å². The van der Waals surface area contributed by atoms with Crippen molar-refractivity contribution in [3.8, 4) is 11.8 Å². The summed E-state index contributed by atoms with van der Waals surface area (Å²) in [5, 5.41) is 10.2. The van der Waals surface area contributed by atoms with Crippen LogP contribution >= 0.6 is 34.8 Å². The Bertz CT molecular complexity index is 1050. The van der Waals surface area contributed by atoms with E-state index in [9.17, 15) is 10.1 Å². The molecule has 0 unspecified atom stereocenters. The van der Waals surface area contributed by atoms with Crippen LogP contribution in [0.1, 0.15) is 11.3 Å². The average Bonchev–Trinajstić information content (AvgIpc) is 2.51. The summed E-state index contributed by atoms with van der Waals surface area (Å²) >= 11 is 18.7. The van der Waals surface area contributed by atoms with Gasteiger partial charge in [0.25, 0.3) is 0 Å². The Labute approximate surface area is 146 Å². The first-order valence-electron chi connectivity index (χ1n) is 6.51. The van der Waals surface area contributed by atoms with Crippen LogP contribution in [0.25, 0.3) is 16.6 Å². The molecular formula is C16H8Cl3N3O. The van der Waals surface area contributed by atoms with Gasteiger partial charge in [0.15, 0.2) is 5.43 Å². The van der Waals surface area contributed by atoms with Crippen molar-refractivity contribution < 1.29 is 0 Å². The number of hydrogen-bond donors (Lipinski definition) is 0. The molecule has 0 amide bonds. The second kappa shape index (κ2) is 5.86. The van der Waals surface area contributed by atoms with Crippen molar-refractivity contribution in [3.63, 3.8) is 0 Å². The molecule has 23 heavy (non-hydrogen) atoms. The molecule has 0 aliphatic rings. The van der Waals surface area contributed by atoms with Gasteiger partial charge < -0.3 is 4.57 Å². The number of fused-ring (bicyclic) bond motifs is 1. The van der Waals surface area contributed by atoms with Gasteiger partial charge >= 0.3 is 0 Å². The third-order valence-electron chi connectivity index (χ3n) is 3.45. The normalized spacial score (nSPS) is 10.7. The fourth-order valence-corrected chi connectivity index (χ4v) is 3.24. The minimum Gasteiger partial charge on any atom is -0.309 e. The largest absolute Gasteiger partial charge is 0.309 e. The number of hydrogen-bond acceptors (Lipinski definition) is 3. The van der Waals surface area contributed by atoms with Crippen LogP contribution in [-0.4, -0.2) is 9.55 Å². The summed E-state index contributed by atoms with van der Waals surface area (Å²) in [6, 6.07) is 8.50. The van der Waals surface area contributed by atoms with Crippen molar-refractivity contribution in [1.29, 1.82) is 5.26 Å². The topological polar surface area (TPSA) is 58.7 Å². The molecule has 4 nitrogen and oxygen atoms in total. The van der Waals surface area contributed by atoms with E-state index in [2.05, 4.69) is 11.1 Å². The molecule has 114 valence electrons. The summed E-state index contributed by atoms with van der Waals surface area (Å²) in [7, 11) is 0. The maximum absolute atomic E-state index is 12.3. The molecule has 0 aliphatic heterocycles. The molecule has 0 aliphatic carbocycles. The zero-order chi connectivity index (χ0) is 16.7. The lowest BCUT2D eigenvalue weighted by Crippen LogP contribution is -2.13. The lowest BCUT2D eigenvalue weighted by Gasteiger charge is -2.18. The Morgan fingerprint density at radius 1 is 1.22 bits per heavy atom. The van der Waals surface area contributed by atoms with Crippen molar-refractivity contribution >= 4 is 45.7 Å². The SMILES string of the molecule is Cc1cc(=O)c2c(Cl)ncc(Cl)c2n1-c1c(Cl)cccc1C#N. The molecule has 7 heteroatoms. The number of para-hydroxylation sites is 1. The van der Waals surface area contributed by atoms with Crippen molar-refractivity contribution in [2.45, 2.75) is 6.92 Å². The smallest absolute Gasteiger partial charge is 0.192 e. The van der Waals surface area contributed by atoms with E-state index in [1.54, 1.807) is 29.7 Å². The van der Waals surface area contributed by atoms with E-state index >= 15 is 0 Å². The van der Waals surface area contributed by atoms with Gasteiger partial charge in [-0.2, -0.15) is 5.26 Å². The maximum atomic E-state index is 12.3. The fourth-order valence-electron chi connectivity index (χ4n) is 2.52. The monoisotopic (exact) mass is 363 g/mol. The predicted molar refractivity (Wildman–Crippen MR) is 91.8 cm³/mol. The molecule has 0 fully saturated rings. The highest BCUT2D eigenvalue weighted by Crippen LogP contribution is 2.33. The summed E-state index contributed by atoms with van der Waals surface area (Å²) in [6.07, 6.45) is 1.37. The van der Waals surface area contributed by atoms with Crippen molar-refractivity contribution in [1.82, 2.24) is 9.55 Å². The highest BCUT2D eigenvalue weighted by atomic mass is 35.5. The predicted octanol–water partition coefficient (Wildman–Crippen LogP) is 4.53. The molecule has 3 rings (SSSR count).